The SMILES string of the molecule is CCCCOC(=O)c1ccc(NC(=O)CSc2c([O-])on[n+]2-c2ccc(OC)cc2)cc1. The van der Waals surface area contributed by atoms with E-state index in [0.717, 1.165) is 24.6 Å². The third-order valence-electron chi connectivity index (χ3n) is 4.36. The van der Waals surface area contributed by atoms with Gasteiger partial charge in [-0.25, -0.2) is 4.79 Å². The van der Waals surface area contributed by atoms with Crippen LogP contribution in [0.25, 0.3) is 5.69 Å². The van der Waals surface area contributed by atoms with Crippen LogP contribution in [0.1, 0.15) is 30.1 Å². The number of ether oxygens (including phenoxy) is 2. The molecule has 0 saturated carbocycles. The number of carbonyl (C=O) groups is 2. The first-order valence-corrected chi connectivity index (χ1v) is 10.9. The van der Waals surface area contributed by atoms with Gasteiger partial charge in [0.05, 0.1) is 30.3 Å². The van der Waals surface area contributed by atoms with Crippen LogP contribution in [0.3, 0.4) is 0 Å². The average Bonchev–Trinajstić information content (AvgIpc) is 3.18. The summed E-state index contributed by atoms with van der Waals surface area (Å²) >= 11 is 1.01. The average molecular weight is 458 g/mol. The zero-order valence-corrected chi connectivity index (χ0v) is 18.5. The summed E-state index contributed by atoms with van der Waals surface area (Å²) in [7, 11) is 1.56. The highest BCUT2D eigenvalue weighted by Gasteiger charge is 2.22. The second-order valence-corrected chi connectivity index (χ2v) is 7.64. The zero-order valence-electron chi connectivity index (χ0n) is 17.7. The Bertz CT molecular complexity index is 1050. The Labute approximate surface area is 189 Å². The van der Waals surface area contributed by atoms with Gasteiger partial charge in [-0.05, 0) is 59.3 Å². The lowest BCUT2D eigenvalue weighted by Crippen LogP contribution is -2.35. The van der Waals surface area contributed by atoms with Gasteiger partial charge in [0.2, 0.25) is 11.6 Å². The van der Waals surface area contributed by atoms with Crippen molar-refractivity contribution >= 4 is 29.3 Å². The van der Waals surface area contributed by atoms with Crippen molar-refractivity contribution in [2.75, 3.05) is 24.8 Å². The normalized spacial score (nSPS) is 10.6. The van der Waals surface area contributed by atoms with Crippen LogP contribution in [0.2, 0.25) is 0 Å². The van der Waals surface area contributed by atoms with Crippen molar-refractivity contribution < 1.29 is 33.4 Å². The van der Waals surface area contributed by atoms with Crippen molar-refractivity contribution in [3.63, 3.8) is 0 Å². The Morgan fingerprint density at radius 3 is 2.53 bits per heavy atom. The number of aromatic nitrogens is 2. The molecule has 1 heterocycles. The Morgan fingerprint density at radius 2 is 1.88 bits per heavy atom. The number of esters is 1. The van der Waals surface area contributed by atoms with Gasteiger partial charge in [0, 0.05) is 17.8 Å². The lowest BCUT2D eigenvalue weighted by atomic mass is 10.2. The van der Waals surface area contributed by atoms with E-state index in [1.54, 1.807) is 55.6 Å². The number of hydrogen-bond donors (Lipinski definition) is 1. The van der Waals surface area contributed by atoms with Crippen molar-refractivity contribution in [1.29, 1.82) is 0 Å². The predicted octanol–water partition coefficient (Wildman–Crippen LogP) is 2.72. The maximum absolute atomic E-state index is 12.3. The molecule has 9 nitrogen and oxygen atoms in total. The number of thioether (sulfide) groups is 1. The van der Waals surface area contributed by atoms with Crippen LogP contribution in [0.15, 0.2) is 58.1 Å². The van der Waals surface area contributed by atoms with Gasteiger partial charge in [0.1, 0.15) is 5.75 Å². The molecular formula is C22H23N3O6S. The lowest BCUT2D eigenvalue weighted by Gasteiger charge is -2.07. The third kappa shape index (κ3) is 6.01. The van der Waals surface area contributed by atoms with Crippen molar-refractivity contribution in [3.8, 4) is 17.4 Å². The molecule has 1 N–H and O–H groups in total. The summed E-state index contributed by atoms with van der Waals surface area (Å²) in [5.41, 5.74) is 1.53. The van der Waals surface area contributed by atoms with E-state index in [2.05, 4.69) is 10.6 Å². The molecule has 0 aliphatic rings. The standard InChI is InChI=1S/C22H23N3O6S/c1-3-4-13-30-21(27)15-5-7-16(8-6-15)23-19(26)14-32-20-22(28)31-24-25(20)17-9-11-18(29-2)12-10-17/h5-12H,3-4,13-14H2,1-2H3,(H-,23,24,26,27,28). The Balaban J connectivity index is 1.57. The summed E-state index contributed by atoms with van der Waals surface area (Å²) in [4.78, 5) is 24.3. The number of nitrogens with one attached hydrogen (secondary N) is 1. The van der Waals surface area contributed by atoms with Gasteiger partial charge >= 0.3 is 5.97 Å². The third-order valence-corrected chi connectivity index (χ3v) is 5.38. The van der Waals surface area contributed by atoms with E-state index < -0.39 is 11.9 Å². The summed E-state index contributed by atoms with van der Waals surface area (Å²) in [6.07, 6.45) is 1.76. The molecule has 0 bridgehead atoms. The second kappa shape index (κ2) is 11.2. The van der Waals surface area contributed by atoms with Crippen molar-refractivity contribution in [3.05, 3.63) is 54.1 Å². The molecule has 168 valence electrons. The molecule has 0 fully saturated rings. The molecule has 0 radical (unpaired) electrons. The fourth-order valence-corrected chi connectivity index (χ4v) is 3.42. The van der Waals surface area contributed by atoms with Gasteiger partial charge < -0.3 is 24.4 Å². The number of amides is 1. The number of benzene rings is 2. The van der Waals surface area contributed by atoms with Crippen LogP contribution < -0.4 is 19.8 Å². The first kappa shape index (κ1) is 23.1. The minimum Gasteiger partial charge on any atom is -0.538 e. The van der Waals surface area contributed by atoms with E-state index >= 15 is 0 Å². The molecule has 0 atom stereocenters. The number of rotatable bonds is 10. The first-order valence-electron chi connectivity index (χ1n) is 9.95. The number of nitrogens with zero attached hydrogens (tertiary/aromatic N) is 2. The van der Waals surface area contributed by atoms with Crippen LogP contribution >= 0.6 is 11.8 Å². The Morgan fingerprint density at radius 1 is 1.16 bits per heavy atom. The van der Waals surface area contributed by atoms with E-state index in [4.69, 9.17) is 14.0 Å². The van der Waals surface area contributed by atoms with E-state index in [1.807, 2.05) is 6.92 Å². The molecule has 0 aliphatic carbocycles. The van der Waals surface area contributed by atoms with Gasteiger partial charge in [-0.1, -0.05) is 13.3 Å². The maximum Gasteiger partial charge on any atom is 0.338 e. The van der Waals surface area contributed by atoms with Crippen molar-refractivity contribution in [2.24, 2.45) is 0 Å². The molecule has 1 amide bonds. The highest BCUT2D eigenvalue weighted by Crippen LogP contribution is 2.24. The quantitative estimate of drug-likeness (QED) is 0.214. The molecule has 0 unspecified atom stereocenters. The zero-order chi connectivity index (χ0) is 22.9. The smallest absolute Gasteiger partial charge is 0.338 e. The van der Waals surface area contributed by atoms with Crippen LogP contribution in [0.5, 0.6) is 11.7 Å². The number of carbonyl (C=O) groups excluding carboxylic acids is 2. The highest BCUT2D eigenvalue weighted by molar-refractivity contribution is 7.99. The van der Waals surface area contributed by atoms with Gasteiger partial charge in [-0.15, -0.1) is 0 Å². The molecular weight excluding hydrogens is 434 g/mol. The Hall–Kier alpha value is -3.53. The van der Waals surface area contributed by atoms with Gasteiger partial charge in [0.15, 0.2) is 5.95 Å². The molecule has 0 saturated heterocycles. The van der Waals surface area contributed by atoms with Crippen LogP contribution in [0, 0.1) is 0 Å². The topological polar surface area (TPSA) is 118 Å². The second-order valence-electron chi connectivity index (χ2n) is 6.68. The van der Waals surface area contributed by atoms with Crippen LogP contribution in [0.4, 0.5) is 5.69 Å². The molecule has 32 heavy (non-hydrogen) atoms. The van der Waals surface area contributed by atoms with Gasteiger partial charge in [-0.2, -0.15) is 0 Å². The number of unbranched alkanes of at least 4 members (excludes halogenated alkanes) is 1. The van der Waals surface area contributed by atoms with Gasteiger partial charge in [-0.3, -0.25) is 4.79 Å². The summed E-state index contributed by atoms with van der Waals surface area (Å²) in [5, 5.41) is 18.7. The molecule has 2 aromatic carbocycles. The van der Waals surface area contributed by atoms with Crippen molar-refractivity contribution in [2.45, 2.75) is 24.8 Å². The van der Waals surface area contributed by atoms with Crippen LogP contribution in [-0.2, 0) is 9.53 Å². The number of anilines is 1. The highest BCUT2D eigenvalue weighted by atomic mass is 32.2. The summed E-state index contributed by atoms with van der Waals surface area (Å²) in [6.45, 7) is 2.40. The molecule has 3 aromatic rings. The molecule has 0 aliphatic heterocycles. The molecule has 0 spiro atoms. The summed E-state index contributed by atoms with van der Waals surface area (Å²) in [6, 6.07) is 13.3. The lowest BCUT2D eigenvalue weighted by molar-refractivity contribution is -0.705. The minimum absolute atomic E-state index is 0.0343. The van der Waals surface area contributed by atoms with E-state index in [-0.39, 0.29) is 16.7 Å². The predicted molar refractivity (Wildman–Crippen MR) is 115 cm³/mol. The van der Waals surface area contributed by atoms with E-state index in [9.17, 15) is 14.7 Å². The molecule has 10 heteroatoms. The summed E-state index contributed by atoms with van der Waals surface area (Å²) < 4.78 is 16.4. The molecule has 3 rings (SSSR count). The van der Waals surface area contributed by atoms with Crippen LogP contribution in [-0.4, -0.2) is 36.6 Å². The minimum atomic E-state index is -0.635. The van der Waals surface area contributed by atoms with Gasteiger partial charge in [0.25, 0.3) is 5.03 Å². The molecule has 1 aromatic heterocycles. The number of hydrogen-bond acceptors (Lipinski definition) is 8. The largest absolute Gasteiger partial charge is 0.538 e. The monoisotopic (exact) mass is 457 g/mol. The maximum atomic E-state index is 12.3. The van der Waals surface area contributed by atoms with Crippen molar-refractivity contribution in [1.82, 2.24) is 5.27 Å². The fourth-order valence-electron chi connectivity index (χ4n) is 2.66. The van der Waals surface area contributed by atoms with E-state index in [0.29, 0.717) is 29.3 Å². The summed E-state index contributed by atoms with van der Waals surface area (Å²) in [5.74, 6) is -0.730. The van der Waals surface area contributed by atoms with E-state index in [1.165, 1.54) is 4.68 Å². The first-order chi connectivity index (χ1) is 15.5. The Kier molecular flexibility index (Phi) is 8.09. The fraction of sp³-hybridized carbons (Fsp3) is 0.273. The number of methoxy groups -OCH3 is 1.